The number of hydrogen-bond acceptors (Lipinski definition) is 3. The number of nitrogens with zero attached hydrogens (tertiary/aromatic N) is 2. The minimum atomic E-state index is -0.499. The molecular formula is C16H21N3O2. The van der Waals surface area contributed by atoms with E-state index in [2.05, 4.69) is 10.3 Å². The lowest BCUT2D eigenvalue weighted by molar-refractivity contribution is -0.127. The summed E-state index contributed by atoms with van der Waals surface area (Å²) in [5, 5.41) is 2.88. The molecule has 1 aromatic carbocycles. The van der Waals surface area contributed by atoms with Crippen molar-refractivity contribution >= 4 is 5.91 Å². The molecule has 0 saturated carbocycles. The van der Waals surface area contributed by atoms with E-state index in [1.807, 2.05) is 42.0 Å². The molecule has 21 heavy (non-hydrogen) atoms. The molecule has 0 radical (unpaired) electrons. The molecule has 0 bridgehead atoms. The number of amides is 1. The fourth-order valence-corrected chi connectivity index (χ4v) is 1.91. The maximum atomic E-state index is 11.9. The number of rotatable bonds is 7. The molecule has 0 aliphatic carbocycles. The van der Waals surface area contributed by atoms with Crippen molar-refractivity contribution in [2.45, 2.75) is 32.9 Å². The van der Waals surface area contributed by atoms with Gasteiger partial charge in [0.2, 0.25) is 0 Å². The molecule has 5 nitrogen and oxygen atoms in total. The van der Waals surface area contributed by atoms with Gasteiger partial charge in [-0.2, -0.15) is 0 Å². The zero-order chi connectivity index (χ0) is 15.1. The predicted octanol–water partition coefficient (Wildman–Crippen LogP) is 2.17. The minimum Gasteiger partial charge on any atom is -0.481 e. The third kappa shape index (κ3) is 4.95. The first-order valence-electron chi connectivity index (χ1n) is 7.12. The minimum absolute atomic E-state index is 0.0961. The molecule has 0 saturated heterocycles. The molecule has 2 aromatic rings. The highest BCUT2D eigenvalue weighted by molar-refractivity contribution is 5.80. The average molecular weight is 287 g/mol. The van der Waals surface area contributed by atoms with E-state index >= 15 is 0 Å². The van der Waals surface area contributed by atoms with Crippen LogP contribution in [-0.4, -0.2) is 28.1 Å². The van der Waals surface area contributed by atoms with Gasteiger partial charge in [-0.25, -0.2) is 4.98 Å². The Morgan fingerprint density at radius 3 is 2.81 bits per heavy atom. The number of carbonyl (C=O) groups is 1. The first-order valence-corrected chi connectivity index (χ1v) is 7.12. The third-order valence-corrected chi connectivity index (χ3v) is 3.15. The smallest absolute Gasteiger partial charge is 0.260 e. The van der Waals surface area contributed by atoms with Gasteiger partial charge in [0.25, 0.3) is 5.91 Å². The van der Waals surface area contributed by atoms with Gasteiger partial charge in [0.15, 0.2) is 6.10 Å². The molecule has 5 heteroatoms. The zero-order valence-corrected chi connectivity index (χ0v) is 12.5. The van der Waals surface area contributed by atoms with Gasteiger partial charge in [-0.3, -0.25) is 4.79 Å². The summed E-state index contributed by atoms with van der Waals surface area (Å²) >= 11 is 0. The Kier molecular flexibility index (Phi) is 5.37. The van der Waals surface area contributed by atoms with Crippen molar-refractivity contribution in [3.8, 4) is 5.75 Å². The van der Waals surface area contributed by atoms with Crippen molar-refractivity contribution in [2.75, 3.05) is 6.54 Å². The Labute approximate surface area is 125 Å². The van der Waals surface area contributed by atoms with Gasteiger partial charge < -0.3 is 14.6 Å². The van der Waals surface area contributed by atoms with Crippen LogP contribution in [0.25, 0.3) is 0 Å². The molecule has 0 aliphatic heterocycles. The summed E-state index contributed by atoms with van der Waals surface area (Å²) in [6.07, 6.45) is 5.78. The third-order valence-electron chi connectivity index (χ3n) is 3.15. The van der Waals surface area contributed by atoms with E-state index in [-0.39, 0.29) is 5.91 Å². The average Bonchev–Trinajstić information content (AvgIpc) is 2.99. The van der Waals surface area contributed by atoms with Crippen LogP contribution in [0.2, 0.25) is 0 Å². The lowest BCUT2D eigenvalue weighted by Crippen LogP contribution is -2.37. The molecule has 0 aliphatic rings. The quantitative estimate of drug-likeness (QED) is 0.794. The molecule has 1 unspecified atom stereocenters. The maximum absolute atomic E-state index is 11.9. The Hall–Kier alpha value is -2.30. The predicted molar refractivity (Wildman–Crippen MR) is 81.1 cm³/mol. The van der Waals surface area contributed by atoms with Crippen molar-refractivity contribution < 1.29 is 9.53 Å². The van der Waals surface area contributed by atoms with Crippen molar-refractivity contribution in [3.05, 3.63) is 48.5 Å². The van der Waals surface area contributed by atoms with E-state index in [0.29, 0.717) is 12.3 Å². The number of aromatic nitrogens is 2. The van der Waals surface area contributed by atoms with E-state index < -0.39 is 6.10 Å². The van der Waals surface area contributed by atoms with Crippen molar-refractivity contribution in [2.24, 2.45) is 0 Å². The second kappa shape index (κ2) is 7.47. The van der Waals surface area contributed by atoms with E-state index in [4.69, 9.17) is 4.74 Å². The second-order valence-electron chi connectivity index (χ2n) is 5.02. The second-order valence-corrected chi connectivity index (χ2v) is 5.02. The first-order chi connectivity index (χ1) is 10.1. The van der Waals surface area contributed by atoms with Crippen LogP contribution in [0, 0.1) is 6.92 Å². The molecule has 1 amide bonds. The number of benzene rings is 1. The Balaban J connectivity index is 1.68. The highest BCUT2D eigenvalue weighted by Crippen LogP contribution is 2.13. The summed E-state index contributed by atoms with van der Waals surface area (Å²) in [6.45, 7) is 5.23. The molecule has 0 spiro atoms. The Bertz CT molecular complexity index is 549. The first kappa shape index (κ1) is 15.1. The Morgan fingerprint density at radius 1 is 1.38 bits per heavy atom. The number of hydrogen-bond donors (Lipinski definition) is 1. The SMILES string of the molecule is Cc1ccc(OC(C)C(=O)NCCCn2ccnc2)cc1. The van der Waals surface area contributed by atoms with Crippen LogP contribution in [0.3, 0.4) is 0 Å². The molecule has 1 atom stereocenters. The standard InChI is InChI=1S/C16H21N3O2/c1-13-4-6-15(7-5-13)21-14(2)16(20)18-8-3-10-19-11-9-17-12-19/h4-7,9,11-12,14H,3,8,10H2,1-2H3,(H,18,20). The van der Waals surface area contributed by atoms with Gasteiger partial charge in [-0.1, -0.05) is 17.7 Å². The summed E-state index contributed by atoms with van der Waals surface area (Å²) in [6, 6.07) is 7.67. The monoisotopic (exact) mass is 287 g/mol. The topological polar surface area (TPSA) is 56.1 Å². The van der Waals surface area contributed by atoms with Crippen LogP contribution < -0.4 is 10.1 Å². The molecule has 2 rings (SSSR count). The highest BCUT2D eigenvalue weighted by atomic mass is 16.5. The van der Waals surface area contributed by atoms with Crippen LogP contribution in [-0.2, 0) is 11.3 Å². The maximum Gasteiger partial charge on any atom is 0.260 e. The molecule has 1 heterocycles. The molecule has 112 valence electrons. The summed E-state index contributed by atoms with van der Waals surface area (Å²) < 4.78 is 7.59. The normalized spacial score (nSPS) is 11.9. The van der Waals surface area contributed by atoms with Gasteiger partial charge >= 0.3 is 0 Å². The molecular weight excluding hydrogens is 266 g/mol. The summed E-state index contributed by atoms with van der Waals surface area (Å²) in [4.78, 5) is 15.9. The van der Waals surface area contributed by atoms with Crippen LogP contribution in [0.4, 0.5) is 0 Å². The summed E-state index contributed by atoms with van der Waals surface area (Å²) in [5.74, 6) is 0.614. The zero-order valence-electron chi connectivity index (χ0n) is 12.5. The number of nitrogens with one attached hydrogen (secondary N) is 1. The van der Waals surface area contributed by atoms with Crippen LogP contribution in [0.15, 0.2) is 43.0 Å². The molecule has 1 N–H and O–H groups in total. The van der Waals surface area contributed by atoms with E-state index in [1.165, 1.54) is 5.56 Å². The lowest BCUT2D eigenvalue weighted by atomic mass is 10.2. The van der Waals surface area contributed by atoms with Gasteiger partial charge in [0.05, 0.1) is 6.33 Å². The molecule has 0 fully saturated rings. The fraction of sp³-hybridized carbons (Fsp3) is 0.375. The van der Waals surface area contributed by atoms with Crippen molar-refractivity contribution in [1.82, 2.24) is 14.9 Å². The number of ether oxygens (including phenoxy) is 1. The number of aryl methyl sites for hydroxylation is 2. The lowest BCUT2D eigenvalue weighted by Gasteiger charge is -2.15. The number of carbonyl (C=O) groups excluding carboxylic acids is 1. The van der Waals surface area contributed by atoms with Gasteiger partial charge in [-0.15, -0.1) is 0 Å². The van der Waals surface area contributed by atoms with E-state index in [0.717, 1.165) is 13.0 Å². The van der Waals surface area contributed by atoms with E-state index in [9.17, 15) is 4.79 Å². The van der Waals surface area contributed by atoms with Crippen LogP contribution in [0.5, 0.6) is 5.75 Å². The van der Waals surface area contributed by atoms with Gasteiger partial charge in [0, 0.05) is 25.5 Å². The largest absolute Gasteiger partial charge is 0.481 e. The Morgan fingerprint density at radius 2 is 2.14 bits per heavy atom. The summed E-state index contributed by atoms with van der Waals surface area (Å²) in [5.41, 5.74) is 1.17. The van der Waals surface area contributed by atoms with E-state index in [1.54, 1.807) is 19.4 Å². The molecule has 1 aromatic heterocycles. The van der Waals surface area contributed by atoms with Crippen molar-refractivity contribution in [3.63, 3.8) is 0 Å². The summed E-state index contributed by atoms with van der Waals surface area (Å²) in [7, 11) is 0. The number of imidazole rings is 1. The van der Waals surface area contributed by atoms with Crippen LogP contribution >= 0.6 is 0 Å². The van der Waals surface area contributed by atoms with Crippen LogP contribution in [0.1, 0.15) is 18.9 Å². The van der Waals surface area contributed by atoms with Crippen molar-refractivity contribution in [1.29, 1.82) is 0 Å². The van der Waals surface area contributed by atoms with Gasteiger partial charge in [-0.05, 0) is 32.4 Å². The van der Waals surface area contributed by atoms with Gasteiger partial charge in [0.1, 0.15) is 5.75 Å². The fourth-order valence-electron chi connectivity index (χ4n) is 1.91. The highest BCUT2D eigenvalue weighted by Gasteiger charge is 2.13.